The normalized spacial score (nSPS) is 22.9. The van der Waals surface area contributed by atoms with Gasteiger partial charge in [-0.3, -0.25) is 19.4 Å². The van der Waals surface area contributed by atoms with Crippen LogP contribution >= 0.6 is 0 Å². The van der Waals surface area contributed by atoms with E-state index in [2.05, 4.69) is 40.2 Å². The molecular formula is C17H30N4O5. The van der Waals surface area contributed by atoms with Crippen molar-refractivity contribution >= 4 is 12.9 Å². The molecule has 1 aromatic rings. The molecule has 9 nitrogen and oxygen atoms in total. The first-order valence-corrected chi connectivity index (χ1v) is 8.68. The largest absolute Gasteiger partial charge is 0.483 e. The minimum absolute atomic E-state index is 0.212. The minimum Gasteiger partial charge on any atom is -0.483 e. The molecule has 1 aromatic heterocycles. The van der Waals surface area contributed by atoms with Crippen molar-refractivity contribution in [2.24, 2.45) is 7.05 Å². The third-order valence-electron chi connectivity index (χ3n) is 5.02. The lowest BCUT2D eigenvalue weighted by molar-refractivity contribution is -0.123. The SMILES string of the molecule is Cc1nc(CN2C[C@H](O)[C@@H](N3CCCC3)C2)n(C)c1C.O=CO.O=CO. The number of imidazole rings is 1. The van der Waals surface area contributed by atoms with Gasteiger partial charge in [0.15, 0.2) is 0 Å². The number of likely N-dealkylation sites (tertiary alicyclic amines) is 2. The van der Waals surface area contributed by atoms with Gasteiger partial charge in [-0.15, -0.1) is 0 Å². The zero-order valence-electron chi connectivity index (χ0n) is 15.7. The molecule has 9 heteroatoms. The van der Waals surface area contributed by atoms with Gasteiger partial charge < -0.3 is 19.9 Å². The molecule has 0 spiro atoms. The van der Waals surface area contributed by atoms with E-state index in [1.807, 2.05) is 0 Å². The quantitative estimate of drug-likeness (QED) is 0.640. The Morgan fingerprint density at radius 1 is 1.12 bits per heavy atom. The number of aromatic nitrogens is 2. The van der Waals surface area contributed by atoms with Gasteiger partial charge >= 0.3 is 0 Å². The molecule has 3 rings (SSSR count). The summed E-state index contributed by atoms with van der Waals surface area (Å²) in [5, 5.41) is 24.1. The molecule has 0 radical (unpaired) electrons. The molecule has 2 fully saturated rings. The molecule has 0 aromatic carbocycles. The van der Waals surface area contributed by atoms with Crippen molar-refractivity contribution in [3.05, 3.63) is 17.2 Å². The van der Waals surface area contributed by atoms with Crippen LogP contribution in [0.5, 0.6) is 0 Å². The lowest BCUT2D eigenvalue weighted by Crippen LogP contribution is -2.41. The van der Waals surface area contributed by atoms with E-state index < -0.39 is 0 Å². The van der Waals surface area contributed by atoms with Gasteiger partial charge in [-0.2, -0.15) is 0 Å². The van der Waals surface area contributed by atoms with Crippen LogP contribution in [-0.2, 0) is 23.2 Å². The first-order valence-electron chi connectivity index (χ1n) is 8.68. The van der Waals surface area contributed by atoms with E-state index in [-0.39, 0.29) is 19.0 Å². The number of carbonyl (C=O) groups is 2. The Kier molecular flexibility index (Phi) is 9.25. The molecule has 2 aliphatic rings. The Morgan fingerprint density at radius 2 is 1.65 bits per heavy atom. The number of aliphatic hydroxyl groups is 1. The highest BCUT2D eigenvalue weighted by Crippen LogP contribution is 2.22. The van der Waals surface area contributed by atoms with E-state index >= 15 is 0 Å². The number of nitrogens with zero attached hydrogens (tertiary/aromatic N) is 4. The fourth-order valence-electron chi connectivity index (χ4n) is 3.54. The Hall–Kier alpha value is -1.97. The number of hydrogen-bond acceptors (Lipinski definition) is 6. The maximum Gasteiger partial charge on any atom is 0.290 e. The van der Waals surface area contributed by atoms with E-state index in [0.29, 0.717) is 6.04 Å². The summed E-state index contributed by atoms with van der Waals surface area (Å²) in [5.41, 5.74) is 2.34. The third-order valence-corrected chi connectivity index (χ3v) is 5.02. The van der Waals surface area contributed by atoms with E-state index in [1.54, 1.807) is 0 Å². The van der Waals surface area contributed by atoms with Gasteiger partial charge in [0, 0.05) is 31.9 Å². The topological polar surface area (TPSA) is 119 Å². The molecule has 2 saturated heterocycles. The van der Waals surface area contributed by atoms with Gasteiger partial charge in [-0.05, 0) is 39.8 Å². The molecule has 0 amide bonds. The van der Waals surface area contributed by atoms with Crippen molar-refractivity contribution in [3.8, 4) is 0 Å². The van der Waals surface area contributed by atoms with Crippen LogP contribution in [0.25, 0.3) is 0 Å². The van der Waals surface area contributed by atoms with Crippen LogP contribution in [0.15, 0.2) is 0 Å². The van der Waals surface area contributed by atoms with Crippen molar-refractivity contribution in [3.63, 3.8) is 0 Å². The first-order chi connectivity index (χ1) is 12.4. The lowest BCUT2D eigenvalue weighted by atomic mass is 10.2. The van der Waals surface area contributed by atoms with Crippen LogP contribution in [0.1, 0.15) is 30.1 Å². The molecule has 0 bridgehead atoms. The Labute approximate surface area is 153 Å². The second-order valence-electron chi connectivity index (χ2n) is 6.54. The maximum absolute atomic E-state index is 10.3. The smallest absolute Gasteiger partial charge is 0.290 e. The minimum atomic E-state index is -0.250. The fraction of sp³-hybridized carbons (Fsp3) is 0.706. The first kappa shape index (κ1) is 22.1. The van der Waals surface area contributed by atoms with Crippen LogP contribution < -0.4 is 0 Å². The molecule has 0 saturated carbocycles. The molecule has 3 N–H and O–H groups in total. The van der Waals surface area contributed by atoms with E-state index in [9.17, 15) is 5.11 Å². The van der Waals surface area contributed by atoms with Crippen molar-refractivity contribution in [1.82, 2.24) is 19.4 Å². The van der Waals surface area contributed by atoms with Gasteiger partial charge in [0.1, 0.15) is 5.82 Å². The number of aliphatic hydroxyl groups excluding tert-OH is 1. The molecular weight excluding hydrogens is 340 g/mol. The summed E-state index contributed by atoms with van der Waals surface area (Å²) in [6, 6.07) is 0.319. The zero-order valence-corrected chi connectivity index (χ0v) is 15.7. The number of β-amino-alcohol motifs (C(OH)–C–C–N with tert-alkyl or cyclic N) is 1. The second-order valence-corrected chi connectivity index (χ2v) is 6.54. The van der Waals surface area contributed by atoms with E-state index in [4.69, 9.17) is 19.8 Å². The van der Waals surface area contributed by atoms with Crippen LogP contribution in [-0.4, -0.2) is 85.9 Å². The van der Waals surface area contributed by atoms with Crippen molar-refractivity contribution < 1.29 is 24.9 Å². The monoisotopic (exact) mass is 370 g/mol. The van der Waals surface area contributed by atoms with E-state index in [1.165, 1.54) is 18.5 Å². The molecule has 3 heterocycles. The number of aryl methyl sites for hydroxylation is 1. The van der Waals surface area contributed by atoms with Crippen molar-refractivity contribution in [2.45, 2.75) is 45.4 Å². The standard InChI is InChI=1S/C15H26N4O.2CH2O2/c1-11-12(2)17(3)15(16-11)10-18-8-13(14(20)9-18)19-6-4-5-7-19;2*2-1-3/h13-14,20H,4-10H2,1-3H3;2*1H,(H,2,3)/t13-,14-;;/m0../s1. The second kappa shape index (κ2) is 10.9. The van der Waals surface area contributed by atoms with Gasteiger partial charge in [-0.1, -0.05) is 0 Å². The summed E-state index contributed by atoms with van der Waals surface area (Å²) in [5.74, 6) is 1.11. The van der Waals surface area contributed by atoms with Crippen LogP contribution in [0.2, 0.25) is 0 Å². The molecule has 148 valence electrons. The van der Waals surface area contributed by atoms with Gasteiger partial charge in [0.05, 0.1) is 18.3 Å². The average molecular weight is 370 g/mol. The molecule has 0 aliphatic carbocycles. The lowest BCUT2D eigenvalue weighted by Gasteiger charge is -2.25. The van der Waals surface area contributed by atoms with Gasteiger partial charge in [0.2, 0.25) is 0 Å². The van der Waals surface area contributed by atoms with Crippen LogP contribution in [0.4, 0.5) is 0 Å². The highest BCUT2D eigenvalue weighted by atomic mass is 16.3. The Morgan fingerprint density at radius 3 is 2.12 bits per heavy atom. The highest BCUT2D eigenvalue weighted by Gasteiger charge is 2.36. The van der Waals surface area contributed by atoms with Crippen LogP contribution in [0.3, 0.4) is 0 Å². The van der Waals surface area contributed by atoms with E-state index in [0.717, 1.165) is 44.2 Å². The van der Waals surface area contributed by atoms with Crippen molar-refractivity contribution in [1.29, 1.82) is 0 Å². The van der Waals surface area contributed by atoms with Gasteiger partial charge in [-0.25, -0.2) is 4.98 Å². The van der Waals surface area contributed by atoms with Crippen molar-refractivity contribution in [2.75, 3.05) is 26.2 Å². The predicted octanol–water partition coefficient (Wildman–Crippen LogP) is 0.0794. The average Bonchev–Trinajstić information content (AvgIpc) is 3.28. The zero-order chi connectivity index (χ0) is 19.7. The summed E-state index contributed by atoms with van der Waals surface area (Å²) in [7, 11) is 2.08. The maximum atomic E-state index is 10.3. The molecule has 2 aliphatic heterocycles. The van der Waals surface area contributed by atoms with Crippen LogP contribution in [0, 0.1) is 13.8 Å². The summed E-state index contributed by atoms with van der Waals surface area (Å²) in [6.07, 6.45) is 2.35. The third kappa shape index (κ3) is 5.79. The number of hydrogen-bond donors (Lipinski definition) is 3. The Bertz CT molecular complexity index is 566. The number of rotatable bonds is 3. The predicted molar refractivity (Wildman–Crippen MR) is 95.9 cm³/mol. The summed E-state index contributed by atoms with van der Waals surface area (Å²) >= 11 is 0. The molecule has 2 atom stereocenters. The number of carboxylic acid groups (broad SMARTS) is 2. The molecule has 0 unspecified atom stereocenters. The fourth-order valence-corrected chi connectivity index (χ4v) is 3.54. The highest BCUT2D eigenvalue weighted by molar-refractivity contribution is 5.33. The summed E-state index contributed by atoms with van der Waals surface area (Å²) in [6.45, 7) is 8.54. The summed E-state index contributed by atoms with van der Waals surface area (Å²) < 4.78 is 2.17. The Balaban J connectivity index is 0.000000499. The van der Waals surface area contributed by atoms with Gasteiger partial charge in [0.25, 0.3) is 12.9 Å². The molecule has 26 heavy (non-hydrogen) atoms. The summed E-state index contributed by atoms with van der Waals surface area (Å²) in [4.78, 5) is 26.2.